The molecule has 8 heteroatoms. The number of ether oxygens (including phenoxy) is 1. The number of amides is 1. The second-order valence-electron chi connectivity index (χ2n) is 6.43. The number of aromatic amines is 1. The third-order valence-electron chi connectivity index (χ3n) is 4.47. The van der Waals surface area contributed by atoms with Crippen LogP contribution in [0.15, 0.2) is 9.95 Å². The fourth-order valence-electron chi connectivity index (χ4n) is 3.20. The van der Waals surface area contributed by atoms with Gasteiger partial charge in [0.1, 0.15) is 0 Å². The Morgan fingerprint density at radius 3 is 3.04 bits per heavy atom. The van der Waals surface area contributed by atoms with E-state index in [1.54, 1.807) is 4.57 Å². The van der Waals surface area contributed by atoms with Crippen molar-refractivity contribution >= 4 is 17.7 Å². The van der Waals surface area contributed by atoms with E-state index in [9.17, 15) is 9.59 Å². The fraction of sp³-hybridized carbons (Fsp3) is 0.800. The van der Waals surface area contributed by atoms with Crippen LogP contribution in [0.3, 0.4) is 0 Å². The summed E-state index contributed by atoms with van der Waals surface area (Å²) < 4.78 is 7.17. The number of rotatable bonds is 5. The van der Waals surface area contributed by atoms with Crippen LogP contribution < -0.4 is 5.69 Å². The molecule has 3 heterocycles. The van der Waals surface area contributed by atoms with Gasteiger partial charge in [0.25, 0.3) is 0 Å². The quantitative estimate of drug-likeness (QED) is 0.812. The summed E-state index contributed by atoms with van der Waals surface area (Å²) >= 11 is 1.33. The van der Waals surface area contributed by atoms with Crippen LogP contribution in [0.1, 0.15) is 32.6 Å². The molecule has 1 N–H and O–H groups in total. The third-order valence-corrected chi connectivity index (χ3v) is 5.43. The number of likely N-dealkylation sites (tertiary alicyclic amines) is 1. The molecular formula is C15H24N4O3S. The van der Waals surface area contributed by atoms with Gasteiger partial charge in [0.05, 0.1) is 18.4 Å². The molecule has 0 aromatic carbocycles. The van der Waals surface area contributed by atoms with Gasteiger partial charge in [-0.2, -0.15) is 0 Å². The molecule has 0 aliphatic carbocycles. The highest BCUT2D eigenvalue weighted by atomic mass is 32.2. The number of thioether (sulfide) groups is 1. The second kappa shape index (κ2) is 7.53. The van der Waals surface area contributed by atoms with Crippen LogP contribution in [0.2, 0.25) is 0 Å². The number of carbonyl (C=O) groups excluding carboxylic acids is 1. The van der Waals surface area contributed by atoms with Gasteiger partial charge < -0.3 is 9.64 Å². The molecular weight excluding hydrogens is 316 g/mol. The minimum atomic E-state index is -0.234. The third kappa shape index (κ3) is 4.17. The van der Waals surface area contributed by atoms with Crippen LogP contribution in [0.4, 0.5) is 0 Å². The van der Waals surface area contributed by atoms with E-state index in [1.807, 2.05) is 4.90 Å². The predicted octanol–water partition coefficient (Wildman–Crippen LogP) is 1.10. The molecule has 0 radical (unpaired) electrons. The normalized spacial score (nSPS) is 25.0. The van der Waals surface area contributed by atoms with Crippen molar-refractivity contribution in [3.8, 4) is 0 Å². The summed E-state index contributed by atoms with van der Waals surface area (Å²) in [6.07, 6.45) is 4.34. The van der Waals surface area contributed by atoms with Gasteiger partial charge in [0.2, 0.25) is 5.91 Å². The fourth-order valence-corrected chi connectivity index (χ4v) is 4.06. The van der Waals surface area contributed by atoms with E-state index in [0.29, 0.717) is 23.4 Å². The van der Waals surface area contributed by atoms with Crippen molar-refractivity contribution in [3.05, 3.63) is 10.5 Å². The number of piperidine rings is 1. The van der Waals surface area contributed by atoms with Gasteiger partial charge >= 0.3 is 5.69 Å². The maximum Gasteiger partial charge on any atom is 0.344 e. The number of nitrogens with zero attached hydrogens (tertiary/aromatic N) is 3. The molecule has 2 atom stereocenters. The number of aromatic nitrogens is 3. The number of hydrogen-bond acceptors (Lipinski definition) is 5. The Bertz CT molecular complexity index is 594. The smallest absolute Gasteiger partial charge is 0.344 e. The molecule has 0 bridgehead atoms. The zero-order valence-corrected chi connectivity index (χ0v) is 14.3. The first-order valence-electron chi connectivity index (χ1n) is 8.31. The Balaban J connectivity index is 1.57. The van der Waals surface area contributed by atoms with Gasteiger partial charge in [0, 0.05) is 19.7 Å². The topological polar surface area (TPSA) is 80.2 Å². The molecule has 2 saturated heterocycles. The van der Waals surface area contributed by atoms with Gasteiger partial charge in [-0.3, -0.25) is 9.36 Å². The molecule has 0 saturated carbocycles. The number of hydrogen-bond donors (Lipinski definition) is 1. The van der Waals surface area contributed by atoms with Crippen molar-refractivity contribution in [2.75, 3.05) is 25.4 Å². The summed E-state index contributed by atoms with van der Waals surface area (Å²) in [6.45, 7) is 5.12. The van der Waals surface area contributed by atoms with Gasteiger partial charge in [0.15, 0.2) is 5.16 Å². The average molecular weight is 340 g/mol. The number of carbonyl (C=O) groups is 1. The first kappa shape index (κ1) is 16.6. The van der Waals surface area contributed by atoms with Crippen molar-refractivity contribution in [1.29, 1.82) is 0 Å². The van der Waals surface area contributed by atoms with Crippen LogP contribution in [0.25, 0.3) is 0 Å². The van der Waals surface area contributed by atoms with Crippen LogP contribution in [0, 0.1) is 5.92 Å². The van der Waals surface area contributed by atoms with E-state index in [2.05, 4.69) is 17.1 Å². The molecule has 0 spiro atoms. The molecule has 2 aliphatic rings. The maximum absolute atomic E-state index is 12.3. The van der Waals surface area contributed by atoms with Crippen LogP contribution in [0.5, 0.6) is 0 Å². The van der Waals surface area contributed by atoms with Crippen LogP contribution in [-0.4, -0.2) is 57.1 Å². The van der Waals surface area contributed by atoms with Crippen molar-refractivity contribution in [2.24, 2.45) is 5.92 Å². The first-order valence-corrected chi connectivity index (χ1v) is 9.29. The minimum absolute atomic E-state index is 0.0725. The van der Waals surface area contributed by atoms with Gasteiger partial charge in [-0.25, -0.2) is 9.89 Å². The highest BCUT2D eigenvalue weighted by molar-refractivity contribution is 7.99. The van der Waals surface area contributed by atoms with Crippen LogP contribution >= 0.6 is 11.8 Å². The molecule has 2 fully saturated rings. The summed E-state index contributed by atoms with van der Waals surface area (Å²) in [5, 5.41) is 7.10. The van der Waals surface area contributed by atoms with Crippen LogP contribution in [-0.2, 0) is 16.1 Å². The zero-order valence-electron chi connectivity index (χ0n) is 13.5. The lowest BCUT2D eigenvalue weighted by Gasteiger charge is -2.30. The Morgan fingerprint density at radius 2 is 2.30 bits per heavy atom. The summed E-state index contributed by atoms with van der Waals surface area (Å²) in [5.74, 6) is 1.02. The summed E-state index contributed by atoms with van der Waals surface area (Å²) in [5.41, 5.74) is -0.234. The Hall–Kier alpha value is -1.28. The monoisotopic (exact) mass is 340 g/mol. The zero-order chi connectivity index (χ0) is 16.2. The number of H-pyrrole nitrogens is 1. The second-order valence-corrected chi connectivity index (χ2v) is 7.38. The Morgan fingerprint density at radius 1 is 1.43 bits per heavy atom. The Labute approximate surface area is 139 Å². The summed E-state index contributed by atoms with van der Waals surface area (Å²) in [6, 6.07) is 0. The van der Waals surface area contributed by atoms with Gasteiger partial charge in [-0.1, -0.05) is 18.7 Å². The van der Waals surface area contributed by atoms with Crippen molar-refractivity contribution in [2.45, 2.75) is 50.4 Å². The van der Waals surface area contributed by atoms with E-state index < -0.39 is 0 Å². The lowest BCUT2D eigenvalue weighted by Crippen LogP contribution is -2.40. The first-order chi connectivity index (χ1) is 11.1. The summed E-state index contributed by atoms with van der Waals surface area (Å²) in [7, 11) is 0. The highest BCUT2D eigenvalue weighted by Crippen LogP contribution is 2.20. The predicted molar refractivity (Wildman–Crippen MR) is 87.5 cm³/mol. The molecule has 1 aromatic heterocycles. The van der Waals surface area contributed by atoms with E-state index in [1.165, 1.54) is 18.2 Å². The van der Waals surface area contributed by atoms with E-state index >= 15 is 0 Å². The minimum Gasteiger partial charge on any atom is -0.376 e. The molecule has 23 heavy (non-hydrogen) atoms. The number of nitrogens with one attached hydrogen (secondary N) is 1. The highest BCUT2D eigenvalue weighted by Gasteiger charge is 2.23. The SMILES string of the molecule is CC1CCCN(C(=O)CSc2n[nH]c(=O)n2CC2CCCO2)C1. The molecule has 1 aromatic rings. The average Bonchev–Trinajstić information content (AvgIpc) is 3.17. The van der Waals surface area contributed by atoms with Crippen molar-refractivity contribution < 1.29 is 9.53 Å². The lowest BCUT2D eigenvalue weighted by molar-refractivity contribution is -0.130. The molecule has 2 unspecified atom stereocenters. The molecule has 7 nitrogen and oxygen atoms in total. The van der Waals surface area contributed by atoms with E-state index in [0.717, 1.165) is 39.0 Å². The Kier molecular flexibility index (Phi) is 5.42. The van der Waals surface area contributed by atoms with E-state index in [-0.39, 0.29) is 17.7 Å². The summed E-state index contributed by atoms with van der Waals surface area (Å²) in [4.78, 5) is 26.2. The maximum atomic E-state index is 12.3. The van der Waals surface area contributed by atoms with E-state index in [4.69, 9.17) is 4.74 Å². The molecule has 3 rings (SSSR count). The van der Waals surface area contributed by atoms with Gasteiger partial charge in [-0.05, 0) is 31.6 Å². The standard InChI is InChI=1S/C15H24N4O3S/c1-11-4-2-6-18(8-11)13(20)10-23-15-17-16-14(21)19(15)9-12-5-3-7-22-12/h11-12H,2-10H2,1H3,(H,16,21). The van der Waals surface area contributed by atoms with Gasteiger partial charge in [-0.15, -0.1) is 5.10 Å². The van der Waals surface area contributed by atoms with Crippen molar-refractivity contribution in [3.63, 3.8) is 0 Å². The lowest BCUT2D eigenvalue weighted by atomic mass is 10.0. The van der Waals surface area contributed by atoms with Crippen molar-refractivity contribution in [1.82, 2.24) is 19.7 Å². The largest absolute Gasteiger partial charge is 0.376 e. The molecule has 2 aliphatic heterocycles. The molecule has 128 valence electrons. The molecule has 1 amide bonds.